The predicted molar refractivity (Wildman–Crippen MR) is 66.7 cm³/mol. The number of nitrogens with one attached hydrogen (secondary N) is 1. The molecule has 1 atom stereocenters. The van der Waals surface area contributed by atoms with Gasteiger partial charge >= 0.3 is 0 Å². The van der Waals surface area contributed by atoms with E-state index < -0.39 is 0 Å². The fourth-order valence-corrected chi connectivity index (χ4v) is 2.05. The number of nitrogens with two attached hydrogens (primary N) is 1. The van der Waals surface area contributed by atoms with Crippen LogP contribution in [-0.4, -0.2) is 0 Å². The van der Waals surface area contributed by atoms with Gasteiger partial charge in [0.2, 0.25) is 0 Å². The highest BCUT2D eigenvalue weighted by molar-refractivity contribution is 9.10. The molecule has 17 heavy (non-hydrogen) atoms. The van der Waals surface area contributed by atoms with Crippen molar-refractivity contribution in [2.75, 3.05) is 0 Å². The lowest BCUT2D eigenvalue weighted by Gasteiger charge is -2.16. The van der Waals surface area contributed by atoms with Gasteiger partial charge in [0, 0.05) is 0 Å². The van der Waals surface area contributed by atoms with Gasteiger partial charge in [0.15, 0.2) is 4.67 Å². The zero-order valence-corrected chi connectivity index (χ0v) is 10.8. The molecule has 2 aromatic rings. The summed E-state index contributed by atoms with van der Waals surface area (Å²) in [5.74, 6) is 5.85. The van der Waals surface area contributed by atoms with Gasteiger partial charge in [-0.2, -0.15) is 0 Å². The second-order valence-electron chi connectivity index (χ2n) is 3.74. The first-order chi connectivity index (χ1) is 8.11. The number of hydrogen-bond donors (Lipinski definition) is 2. The summed E-state index contributed by atoms with van der Waals surface area (Å²) in [6, 6.07) is 7.79. The number of rotatable bonds is 3. The molecule has 3 nitrogen and oxygen atoms in total. The lowest BCUT2D eigenvalue weighted by Crippen LogP contribution is -2.29. The van der Waals surface area contributed by atoms with Crippen molar-refractivity contribution in [2.45, 2.75) is 13.0 Å². The van der Waals surface area contributed by atoms with Crippen LogP contribution in [0.1, 0.15) is 22.9 Å². The molecule has 0 spiro atoms. The summed E-state index contributed by atoms with van der Waals surface area (Å²) in [6.45, 7) is 1.90. The summed E-state index contributed by atoms with van der Waals surface area (Å²) in [7, 11) is 0. The molecule has 1 heterocycles. The van der Waals surface area contributed by atoms with Crippen molar-refractivity contribution in [2.24, 2.45) is 5.84 Å². The normalized spacial score (nSPS) is 12.7. The van der Waals surface area contributed by atoms with E-state index in [0.717, 1.165) is 11.1 Å². The Bertz CT molecular complexity index is 527. The molecule has 5 heteroatoms. The van der Waals surface area contributed by atoms with Crippen LogP contribution in [0.2, 0.25) is 0 Å². The SMILES string of the molecule is Cc1ccc(F)cc1C(NN)c1ccc(Br)o1. The fraction of sp³-hybridized carbons (Fsp3) is 0.167. The standard InChI is InChI=1S/C12H12BrFN2O/c1-7-2-3-8(14)6-9(7)12(16-15)10-4-5-11(13)17-10/h2-6,12,16H,15H2,1H3. The molecule has 1 aromatic heterocycles. The van der Waals surface area contributed by atoms with E-state index >= 15 is 0 Å². The highest BCUT2D eigenvalue weighted by Gasteiger charge is 2.18. The third-order valence-corrected chi connectivity index (χ3v) is 3.02. The molecule has 1 aromatic carbocycles. The Kier molecular flexibility index (Phi) is 3.61. The van der Waals surface area contributed by atoms with E-state index in [1.165, 1.54) is 12.1 Å². The summed E-state index contributed by atoms with van der Waals surface area (Å²) in [6.07, 6.45) is 0. The maximum Gasteiger partial charge on any atom is 0.169 e. The first-order valence-electron chi connectivity index (χ1n) is 5.09. The quantitative estimate of drug-likeness (QED) is 0.676. The minimum atomic E-state index is -0.364. The van der Waals surface area contributed by atoms with Crippen molar-refractivity contribution in [3.8, 4) is 0 Å². The molecule has 2 rings (SSSR count). The van der Waals surface area contributed by atoms with Crippen LogP contribution >= 0.6 is 15.9 Å². The summed E-state index contributed by atoms with van der Waals surface area (Å²) >= 11 is 3.23. The van der Waals surface area contributed by atoms with Crippen molar-refractivity contribution in [1.29, 1.82) is 0 Å². The molecule has 0 amide bonds. The number of halogens is 2. The van der Waals surface area contributed by atoms with E-state index in [9.17, 15) is 4.39 Å². The number of benzene rings is 1. The van der Waals surface area contributed by atoms with Gasteiger partial charge in [0.1, 0.15) is 17.6 Å². The van der Waals surface area contributed by atoms with E-state index in [2.05, 4.69) is 21.4 Å². The molecule has 0 saturated carbocycles. The Hall–Kier alpha value is -1.17. The third-order valence-electron chi connectivity index (χ3n) is 2.60. The van der Waals surface area contributed by atoms with Crippen LogP contribution in [0.15, 0.2) is 39.4 Å². The molecule has 3 N–H and O–H groups in total. The minimum absolute atomic E-state index is 0.295. The second-order valence-corrected chi connectivity index (χ2v) is 4.52. The van der Waals surface area contributed by atoms with Crippen LogP contribution in [-0.2, 0) is 0 Å². The lowest BCUT2D eigenvalue weighted by atomic mass is 10.00. The van der Waals surface area contributed by atoms with Gasteiger partial charge in [-0.15, -0.1) is 0 Å². The van der Waals surface area contributed by atoms with E-state index in [1.807, 2.05) is 6.92 Å². The second kappa shape index (κ2) is 5.00. The molecule has 0 radical (unpaired) electrons. The monoisotopic (exact) mass is 298 g/mol. The summed E-state index contributed by atoms with van der Waals surface area (Å²) in [5, 5.41) is 0. The average Bonchev–Trinajstić information content (AvgIpc) is 2.71. The topological polar surface area (TPSA) is 51.2 Å². The van der Waals surface area contributed by atoms with E-state index in [-0.39, 0.29) is 11.9 Å². The van der Waals surface area contributed by atoms with Crippen LogP contribution in [0.25, 0.3) is 0 Å². The van der Waals surface area contributed by atoms with Crippen molar-refractivity contribution in [3.63, 3.8) is 0 Å². The highest BCUT2D eigenvalue weighted by Crippen LogP contribution is 2.27. The molecule has 0 aliphatic carbocycles. The van der Waals surface area contributed by atoms with E-state index in [0.29, 0.717) is 10.4 Å². The molecular formula is C12H12BrFN2O. The van der Waals surface area contributed by atoms with Gasteiger partial charge in [0.25, 0.3) is 0 Å². The summed E-state index contributed by atoms with van der Waals surface area (Å²) in [5.41, 5.74) is 4.34. The van der Waals surface area contributed by atoms with Gasteiger partial charge < -0.3 is 4.42 Å². The van der Waals surface area contributed by atoms with Crippen molar-refractivity contribution >= 4 is 15.9 Å². The molecule has 1 unspecified atom stereocenters. The molecule has 0 aliphatic rings. The molecule has 0 saturated heterocycles. The zero-order valence-electron chi connectivity index (χ0n) is 9.21. The third kappa shape index (κ3) is 2.57. The number of hydrogen-bond acceptors (Lipinski definition) is 3. The molecule has 0 bridgehead atoms. The van der Waals surface area contributed by atoms with Gasteiger partial charge in [0.05, 0.1) is 0 Å². The van der Waals surface area contributed by atoms with Crippen LogP contribution < -0.4 is 11.3 Å². The minimum Gasteiger partial charge on any atom is -0.452 e. The van der Waals surface area contributed by atoms with Gasteiger partial charge in [-0.3, -0.25) is 5.84 Å². The number of furan rings is 1. The number of aryl methyl sites for hydroxylation is 1. The Balaban J connectivity index is 2.45. The molecule has 0 aliphatic heterocycles. The predicted octanol–water partition coefficient (Wildman–Crippen LogP) is 3.04. The Labute approximate surface area is 107 Å². The largest absolute Gasteiger partial charge is 0.452 e. The van der Waals surface area contributed by atoms with Crippen molar-refractivity contribution in [1.82, 2.24) is 5.43 Å². The van der Waals surface area contributed by atoms with Crippen LogP contribution in [0.4, 0.5) is 4.39 Å². The molecule has 0 fully saturated rings. The van der Waals surface area contributed by atoms with Gasteiger partial charge in [-0.25, -0.2) is 9.82 Å². The molecule has 90 valence electrons. The summed E-state index contributed by atoms with van der Waals surface area (Å²) in [4.78, 5) is 0. The zero-order chi connectivity index (χ0) is 12.4. The maximum absolute atomic E-state index is 13.3. The molecular weight excluding hydrogens is 287 g/mol. The maximum atomic E-state index is 13.3. The first-order valence-corrected chi connectivity index (χ1v) is 5.88. The van der Waals surface area contributed by atoms with Crippen LogP contribution in [0.5, 0.6) is 0 Å². The fourth-order valence-electron chi connectivity index (χ4n) is 1.73. The lowest BCUT2D eigenvalue weighted by molar-refractivity contribution is 0.435. The van der Waals surface area contributed by atoms with Crippen molar-refractivity contribution in [3.05, 3.63) is 57.7 Å². The number of hydrazine groups is 1. The first kappa shape index (κ1) is 12.3. The average molecular weight is 299 g/mol. The van der Waals surface area contributed by atoms with Gasteiger partial charge in [-0.05, 0) is 58.2 Å². The van der Waals surface area contributed by atoms with Crippen molar-refractivity contribution < 1.29 is 8.81 Å². The Morgan fingerprint density at radius 3 is 2.71 bits per heavy atom. The smallest absolute Gasteiger partial charge is 0.169 e. The van der Waals surface area contributed by atoms with Crippen LogP contribution in [0, 0.1) is 12.7 Å². The van der Waals surface area contributed by atoms with Gasteiger partial charge in [-0.1, -0.05) is 6.07 Å². The summed E-state index contributed by atoms with van der Waals surface area (Å²) < 4.78 is 19.3. The Morgan fingerprint density at radius 2 is 2.12 bits per heavy atom. The van der Waals surface area contributed by atoms with E-state index in [1.54, 1.807) is 18.2 Å². The highest BCUT2D eigenvalue weighted by atomic mass is 79.9. The van der Waals surface area contributed by atoms with Crippen LogP contribution in [0.3, 0.4) is 0 Å². The van der Waals surface area contributed by atoms with E-state index in [4.69, 9.17) is 10.3 Å². The Morgan fingerprint density at radius 1 is 1.35 bits per heavy atom.